The van der Waals surface area contributed by atoms with Crippen LogP contribution in [0.5, 0.6) is 5.75 Å². The number of amides is 3. The largest absolute Gasteiger partial charge is 0.480 e. The second kappa shape index (κ2) is 11.8. The standard InChI is InChI=1S/C27H29FN4O7S/c1-15-21(13-30)40-24-22(15)23(33)32(27(2,3)25(34)35)26(36)31(24)14-20(39-17-6-9-37-10-7-17)18-12-16(28)4-5-19(18)38-11-8-29/h4-5,12,17,20,22,24H,6-7,9-11,14H2,1-3H3,(H,34,35). The summed E-state index contributed by atoms with van der Waals surface area (Å²) < 4.78 is 31.9. The van der Waals surface area contributed by atoms with Gasteiger partial charge in [0.1, 0.15) is 40.7 Å². The average molecular weight is 573 g/mol. The summed E-state index contributed by atoms with van der Waals surface area (Å²) in [5, 5.41) is 27.8. The molecule has 1 aromatic carbocycles. The van der Waals surface area contributed by atoms with Gasteiger partial charge in [0.05, 0.1) is 23.5 Å². The van der Waals surface area contributed by atoms with Gasteiger partial charge in [0.15, 0.2) is 6.61 Å². The number of ether oxygens (including phenoxy) is 3. The Balaban J connectivity index is 1.79. The zero-order valence-corrected chi connectivity index (χ0v) is 23.1. The van der Waals surface area contributed by atoms with Crippen LogP contribution >= 0.6 is 11.8 Å². The van der Waals surface area contributed by atoms with Gasteiger partial charge < -0.3 is 24.2 Å². The fourth-order valence-electron chi connectivity index (χ4n) is 5.02. The first-order chi connectivity index (χ1) is 19.0. The lowest BCUT2D eigenvalue weighted by molar-refractivity contribution is -0.158. The lowest BCUT2D eigenvalue weighted by Crippen LogP contribution is -2.67. The third-order valence-corrected chi connectivity index (χ3v) is 8.68. The monoisotopic (exact) mass is 572 g/mol. The molecule has 3 aliphatic heterocycles. The van der Waals surface area contributed by atoms with E-state index >= 15 is 0 Å². The second-order valence-corrected chi connectivity index (χ2v) is 11.3. The van der Waals surface area contributed by atoms with E-state index in [1.54, 1.807) is 6.92 Å². The molecule has 3 unspecified atom stereocenters. The zero-order chi connectivity index (χ0) is 29.2. The van der Waals surface area contributed by atoms with E-state index in [-0.39, 0.29) is 35.5 Å². The number of halogens is 1. The molecule has 3 heterocycles. The van der Waals surface area contributed by atoms with Gasteiger partial charge in [0.25, 0.3) is 0 Å². The van der Waals surface area contributed by atoms with Crippen molar-refractivity contribution < 1.29 is 38.1 Å². The van der Waals surface area contributed by atoms with Gasteiger partial charge in [-0.25, -0.2) is 18.9 Å². The number of fused-ring (bicyclic) bond motifs is 1. The number of thioether (sulfide) groups is 1. The van der Waals surface area contributed by atoms with E-state index in [0.717, 1.165) is 11.8 Å². The third-order valence-electron chi connectivity index (χ3n) is 7.26. The van der Waals surface area contributed by atoms with Crippen LogP contribution in [0.25, 0.3) is 0 Å². The van der Waals surface area contributed by atoms with Gasteiger partial charge >= 0.3 is 12.0 Å². The van der Waals surface area contributed by atoms with Gasteiger partial charge in [0.2, 0.25) is 5.91 Å². The molecule has 0 bridgehead atoms. The number of allylic oxidation sites excluding steroid dienone is 1. The Morgan fingerprint density at radius 1 is 1.30 bits per heavy atom. The van der Waals surface area contributed by atoms with Gasteiger partial charge in [-0.05, 0) is 57.4 Å². The number of hydrogen-bond donors (Lipinski definition) is 1. The van der Waals surface area contributed by atoms with Crippen molar-refractivity contribution in [3.8, 4) is 17.9 Å². The molecule has 1 N–H and O–H groups in total. The van der Waals surface area contributed by atoms with E-state index in [2.05, 4.69) is 6.07 Å². The predicted octanol–water partition coefficient (Wildman–Crippen LogP) is 3.58. The average Bonchev–Trinajstić information content (AvgIpc) is 3.26. The van der Waals surface area contributed by atoms with Crippen molar-refractivity contribution in [1.29, 1.82) is 10.5 Å². The summed E-state index contributed by atoms with van der Waals surface area (Å²) in [5.41, 5.74) is -1.20. The quantitative estimate of drug-likeness (QED) is 0.464. The van der Waals surface area contributed by atoms with Crippen LogP contribution < -0.4 is 4.74 Å². The molecule has 4 rings (SSSR count). The van der Waals surface area contributed by atoms with Crippen LogP contribution in [-0.4, -0.2) is 76.2 Å². The smallest absolute Gasteiger partial charge is 0.329 e. The molecular weight excluding hydrogens is 543 g/mol. The van der Waals surface area contributed by atoms with Crippen molar-refractivity contribution in [2.75, 3.05) is 26.4 Å². The second-order valence-electron chi connectivity index (χ2n) is 10.1. The normalized spacial score (nSPS) is 22.6. The summed E-state index contributed by atoms with van der Waals surface area (Å²) in [6.07, 6.45) is -0.192. The van der Waals surface area contributed by atoms with E-state index in [0.29, 0.717) is 36.5 Å². The van der Waals surface area contributed by atoms with Crippen LogP contribution in [0.15, 0.2) is 28.7 Å². The first-order valence-corrected chi connectivity index (χ1v) is 13.6. The fraction of sp³-hybridized carbons (Fsp3) is 0.519. The number of carbonyl (C=O) groups excluding carboxylic acids is 2. The third kappa shape index (κ3) is 5.50. The van der Waals surface area contributed by atoms with Crippen molar-refractivity contribution in [2.24, 2.45) is 5.92 Å². The van der Waals surface area contributed by atoms with Crippen LogP contribution in [0.3, 0.4) is 0 Å². The molecule has 3 atom stereocenters. The van der Waals surface area contributed by atoms with E-state index in [9.17, 15) is 29.1 Å². The van der Waals surface area contributed by atoms with E-state index in [1.807, 2.05) is 6.07 Å². The highest BCUT2D eigenvalue weighted by Crippen LogP contribution is 2.48. The van der Waals surface area contributed by atoms with Crippen LogP contribution in [0, 0.1) is 34.4 Å². The number of carboxylic acids is 1. The minimum atomic E-state index is -1.89. The Morgan fingerprint density at radius 3 is 2.62 bits per heavy atom. The maximum absolute atomic E-state index is 14.5. The summed E-state index contributed by atoms with van der Waals surface area (Å²) >= 11 is 1.05. The molecule has 40 heavy (non-hydrogen) atoms. The van der Waals surface area contributed by atoms with Gasteiger partial charge in [0, 0.05) is 18.8 Å². The number of carboxylic acid groups (broad SMARTS) is 1. The van der Waals surface area contributed by atoms with Crippen molar-refractivity contribution in [1.82, 2.24) is 9.80 Å². The molecular formula is C27H29FN4O7S. The minimum Gasteiger partial charge on any atom is -0.480 e. The Morgan fingerprint density at radius 2 is 2.00 bits per heavy atom. The van der Waals surface area contributed by atoms with E-state index < -0.39 is 46.7 Å². The lowest BCUT2D eigenvalue weighted by atomic mass is 9.91. The summed E-state index contributed by atoms with van der Waals surface area (Å²) in [6, 6.07) is 6.83. The summed E-state index contributed by atoms with van der Waals surface area (Å²) in [7, 11) is 0. The molecule has 2 fully saturated rings. The van der Waals surface area contributed by atoms with Crippen molar-refractivity contribution >= 4 is 29.7 Å². The molecule has 0 aromatic heterocycles. The van der Waals surface area contributed by atoms with Crippen LogP contribution in [-0.2, 0) is 19.1 Å². The number of aliphatic carboxylic acids is 1. The molecule has 0 spiro atoms. The van der Waals surface area contributed by atoms with Gasteiger partial charge in [-0.3, -0.25) is 4.79 Å². The van der Waals surface area contributed by atoms with Crippen molar-refractivity contribution in [3.63, 3.8) is 0 Å². The summed E-state index contributed by atoms with van der Waals surface area (Å²) in [4.78, 5) is 42.0. The van der Waals surface area contributed by atoms with Gasteiger partial charge in [-0.2, -0.15) is 10.5 Å². The summed E-state index contributed by atoms with van der Waals surface area (Å²) in [5.74, 6) is -3.45. The van der Waals surface area contributed by atoms with Gasteiger partial charge in [-0.15, -0.1) is 0 Å². The SMILES string of the molecule is CC1=C(C#N)SC2C1C(=O)N(C(C)(C)C(=O)O)C(=O)N2CC(OC1CCOCC1)c1cc(F)ccc1OCC#N. The maximum atomic E-state index is 14.5. The molecule has 11 nitrogen and oxygen atoms in total. The Hall–Kier alpha value is -3.65. The van der Waals surface area contributed by atoms with Gasteiger partial charge in [-0.1, -0.05) is 11.8 Å². The molecule has 1 aromatic rings. The van der Waals surface area contributed by atoms with E-state index in [4.69, 9.17) is 19.5 Å². The van der Waals surface area contributed by atoms with Crippen molar-refractivity contribution in [2.45, 2.75) is 56.7 Å². The lowest BCUT2D eigenvalue weighted by Gasteiger charge is -2.47. The number of urea groups is 1. The van der Waals surface area contributed by atoms with E-state index in [1.165, 1.54) is 36.9 Å². The molecule has 3 aliphatic rings. The highest BCUT2D eigenvalue weighted by molar-refractivity contribution is 8.04. The minimum absolute atomic E-state index is 0.186. The van der Waals surface area contributed by atoms with Crippen LogP contribution in [0.2, 0.25) is 0 Å². The van der Waals surface area contributed by atoms with Crippen LogP contribution in [0.1, 0.15) is 45.3 Å². The topological polar surface area (TPSA) is 153 Å². The molecule has 13 heteroatoms. The number of benzene rings is 1. The Bertz CT molecular complexity index is 1310. The Kier molecular flexibility index (Phi) is 8.68. The van der Waals surface area contributed by atoms with Crippen molar-refractivity contribution in [3.05, 3.63) is 40.1 Å². The van der Waals surface area contributed by atoms with Crippen LogP contribution in [0.4, 0.5) is 9.18 Å². The highest BCUT2D eigenvalue weighted by Gasteiger charge is 2.57. The number of carbonyl (C=O) groups is 3. The fourth-order valence-corrected chi connectivity index (χ4v) is 6.38. The number of imide groups is 1. The summed E-state index contributed by atoms with van der Waals surface area (Å²) in [6.45, 7) is 4.51. The molecule has 212 valence electrons. The number of rotatable bonds is 9. The molecule has 0 saturated carbocycles. The number of nitrogens with zero attached hydrogens (tertiary/aromatic N) is 4. The zero-order valence-electron chi connectivity index (χ0n) is 22.3. The first-order valence-electron chi connectivity index (χ1n) is 12.7. The molecule has 0 aliphatic carbocycles. The molecule has 2 saturated heterocycles. The number of nitriles is 2. The highest BCUT2D eigenvalue weighted by atomic mass is 32.2. The Labute approximate surface area is 235 Å². The first kappa shape index (κ1) is 29.3. The maximum Gasteiger partial charge on any atom is 0.329 e. The predicted molar refractivity (Wildman–Crippen MR) is 139 cm³/mol. The molecule has 3 amide bonds. The number of hydrogen-bond acceptors (Lipinski definition) is 9. The molecule has 0 radical (unpaired) electrons.